The van der Waals surface area contributed by atoms with Gasteiger partial charge in [-0.3, -0.25) is 10.1 Å². The predicted molar refractivity (Wildman–Crippen MR) is 121 cm³/mol. The number of anilines is 1. The summed E-state index contributed by atoms with van der Waals surface area (Å²) in [5, 5.41) is 17.2. The lowest BCUT2D eigenvalue weighted by Crippen LogP contribution is -2.30. The van der Waals surface area contributed by atoms with Crippen LogP contribution >= 0.6 is 24.0 Å². The Morgan fingerprint density at radius 3 is 2.61 bits per heavy atom. The van der Waals surface area contributed by atoms with Gasteiger partial charge in [-0.1, -0.05) is 12.1 Å². The molecule has 2 N–H and O–H groups in total. The van der Waals surface area contributed by atoms with Crippen LogP contribution in [0.1, 0.15) is 19.4 Å². The molecule has 2 aromatic rings. The molecule has 28 heavy (non-hydrogen) atoms. The summed E-state index contributed by atoms with van der Waals surface area (Å²) in [6, 6.07) is 12.0. The lowest BCUT2D eigenvalue weighted by atomic mass is 10.2. The molecule has 8 nitrogen and oxygen atoms in total. The molecule has 0 amide bonds. The van der Waals surface area contributed by atoms with Crippen molar-refractivity contribution in [3.8, 4) is 11.5 Å². The van der Waals surface area contributed by atoms with E-state index in [1.165, 1.54) is 12.1 Å². The van der Waals surface area contributed by atoms with Crippen LogP contribution in [0.4, 0.5) is 11.4 Å². The average Bonchev–Trinajstić information content (AvgIpc) is 2.67. The van der Waals surface area contributed by atoms with E-state index in [0.717, 1.165) is 11.3 Å². The quantitative estimate of drug-likeness (QED) is 0.186. The third-order valence-electron chi connectivity index (χ3n) is 3.61. The van der Waals surface area contributed by atoms with Gasteiger partial charge in [0.05, 0.1) is 25.2 Å². The number of nitrogens with one attached hydrogen (secondary N) is 2. The van der Waals surface area contributed by atoms with Gasteiger partial charge in [0.25, 0.3) is 5.69 Å². The number of aliphatic imine (C=N–C) groups is 1. The molecule has 0 aliphatic rings. The first-order valence-corrected chi connectivity index (χ1v) is 8.66. The minimum absolute atomic E-state index is 0. The second-order valence-corrected chi connectivity index (χ2v) is 5.55. The molecule has 0 spiro atoms. The first kappa shape index (κ1) is 23.5. The SMILES string of the molecule is CCNC(=NCc1cccc([N+](=O)[O-])c1)Nc1ccc(OCC)c(OC)c1.I. The molecule has 0 aliphatic heterocycles. The van der Waals surface area contributed by atoms with Crippen LogP contribution in [0.25, 0.3) is 0 Å². The third-order valence-corrected chi connectivity index (χ3v) is 3.61. The van der Waals surface area contributed by atoms with E-state index in [2.05, 4.69) is 15.6 Å². The van der Waals surface area contributed by atoms with Gasteiger partial charge in [0.2, 0.25) is 0 Å². The van der Waals surface area contributed by atoms with Gasteiger partial charge in [-0.25, -0.2) is 4.99 Å². The smallest absolute Gasteiger partial charge is 0.269 e. The highest BCUT2D eigenvalue weighted by Crippen LogP contribution is 2.30. The summed E-state index contributed by atoms with van der Waals surface area (Å²) in [7, 11) is 1.59. The first-order chi connectivity index (χ1) is 13.1. The lowest BCUT2D eigenvalue weighted by Gasteiger charge is -2.14. The summed E-state index contributed by atoms with van der Waals surface area (Å²) < 4.78 is 10.9. The maximum Gasteiger partial charge on any atom is 0.269 e. The topological polar surface area (TPSA) is 98.0 Å². The Balaban J connectivity index is 0.00000392. The molecule has 0 saturated heterocycles. The summed E-state index contributed by atoms with van der Waals surface area (Å²) >= 11 is 0. The van der Waals surface area contributed by atoms with Crippen molar-refractivity contribution in [2.75, 3.05) is 25.6 Å². The Bertz CT molecular complexity index is 814. The molecular weight excluding hydrogens is 475 g/mol. The van der Waals surface area contributed by atoms with Gasteiger partial charge >= 0.3 is 0 Å². The van der Waals surface area contributed by atoms with Crippen LogP contribution in [0, 0.1) is 10.1 Å². The molecule has 0 radical (unpaired) electrons. The lowest BCUT2D eigenvalue weighted by molar-refractivity contribution is -0.384. The number of methoxy groups -OCH3 is 1. The number of hydrogen-bond donors (Lipinski definition) is 2. The highest BCUT2D eigenvalue weighted by molar-refractivity contribution is 14.0. The third kappa shape index (κ3) is 6.87. The predicted octanol–water partition coefficient (Wildman–Crippen LogP) is 4.20. The van der Waals surface area contributed by atoms with Gasteiger partial charge in [0.15, 0.2) is 17.5 Å². The molecule has 0 atom stereocenters. The minimum Gasteiger partial charge on any atom is -0.493 e. The number of ether oxygens (including phenoxy) is 2. The molecule has 0 aromatic heterocycles. The van der Waals surface area contributed by atoms with E-state index in [0.29, 0.717) is 37.2 Å². The molecular formula is C19H25IN4O4. The molecule has 0 fully saturated rings. The zero-order valence-corrected chi connectivity index (χ0v) is 18.4. The van der Waals surface area contributed by atoms with Crippen molar-refractivity contribution in [2.24, 2.45) is 4.99 Å². The largest absolute Gasteiger partial charge is 0.493 e. The maximum absolute atomic E-state index is 10.9. The fraction of sp³-hybridized carbons (Fsp3) is 0.316. The summed E-state index contributed by atoms with van der Waals surface area (Å²) in [5.41, 5.74) is 1.59. The van der Waals surface area contributed by atoms with E-state index < -0.39 is 4.92 Å². The van der Waals surface area contributed by atoms with Crippen LogP contribution in [-0.4, -0.2) is 31.1 Å². The van der Waals surface area contributed by atoms with Crippen LogP contribution in [0.2, 0.25) is 0 Å². The normalized spacial score (nSPS) is 10.6. The van der Waals surface area contributed by atoms with Crippen LogP contribution in [0.15, 0.2) is 47.5 Å². The van der Waals surface area contributed by atoms with Crippen molar-refractivity contribution in [1.29, 1.82) is 0 Å². The average molecular weight is 500 g/mol. The number of non-ortho nitro benzene ring substituents is 1. The van der Waals surface area contributed by atoms with E-state index in [1.54, 1.807) is 19.2 Å². The highest BCUT2D eigenvalue weighted by Gasteiger charge is 2.08. The summed E-state index contributed by atoms with van der Waals surface area (Å²) in [4.78, 5) is 15.0. The number of hydrogen-bond acceptors (Lipinski definition) is 5. The van der Waals surface area contributed by atoms with Gasteiger partial charge in [-0.2, -0.15) is 0 Å². The Kier molecular flexibility index (Phi) is 10.1. The van der Waals surface area contributed by atoms with Gasteiger partial charge in [0.1, 0.15) is 0 Å². The Morgan fingerprint density at radius 2 is 1.96 bits per heavy atom. The van der Waals surface area contributed by atoms with E-state index in [4.69, 9.17) is 9.47 Å². The van der Waals surface area contributed by atoms with Gasteiger partial charge in [-0.15, -0.1) is 24.0 Å². The number of rotatable bonds is 8. The number of halogens is 1. The number of benzene rings is 2. The summed E-state index contributed by atoms with van der Waals surface area (Å²) in [6.45, 7) is 5.41. The zero-order valence-electron chi connectivity index (χ0n) is 16.1. The number of nitrogens with zero attached hydrogens (tertiary/aromatic N) is 2. The molecule has 0 saturated carbocycles. The Morgan fingerprint density at radius 1 is 1.18 bits per heavy atom. The van der Waals surface area contributed by atoms with E-state index in [9.17, 15) is 10.1 Å². The number of guanidine groups is 1. The molecule has 2 rings (SSSR count). The molecule has 152 valence electrons. The fourth-order valence-electron chi connectivity index (χ4n) is 2.40. The standard InChI is InChI=1S/C19H24N4O4.HI/c1-4-20-19(21-13-14-7-6-8-16(11-14)23(24)25)22-15-9-10-17(27-5-2)18(12-15)26-3;/h6-12H,4-5,13H2,1-3H3,(H2,20,21,22);1H. The molecule has 0 aliphatic carbocycles. The molecule has 2 aromatic carbocycles. The zero-order chi connectivity index (χ0) is 19.6. The van der Waals surface area contributed by atoms with Gasteiger partial charge < -0.3 is 20.1 Å². The van der Waals surface area contributed by atoms with Crippen molar-refractivity contribution in [2.45, 2.75) is 20.4 Å². The van der Waals surface area contributed by atoms with Crippen molar-refractivity contribution >= 4 is 41.3 Å². The van der Waals surface area contributed by atoms with E-state index in [1.807, 2.05) is 32.0 Å². The summed E-state index contributed by atoms with van der Waals surface area (Å²) in [6.07, 6.45) is 0. The van der Waals surface area contributed by atoms with Crippen LogP contribution in [-0.2, 0) is 6.54 Å². The van der Waals surface area contributed by atoms with Crippen molar-refractivity contribution < 1.29 is 14.4 Å². The fourth-order valence-corrected chi connectivity index (χ4v) is 2.40. The van der Waals surface area contributed by atoms with Crippen LogP contribution < -0.4 is 20.1 Å². The monoisotopic (exact) mass is 500 g/mol. The van der Waals surface area contributed by atoms with Gasteiger partial charge in [-0.05, 0) is 31.5 Å². The molecule has 0 heterocycles. The molecule has 0 bridgehead atoms. The second-order valence-electron chi connectivity index (χ2n) is 5.55. The number of nitro benzene ring substituents is 1. The van der Waals surface area contributed by atoms with E-state index >= 15 is 0 Å². The first-order valence-electron chi connectivity index (χ1n) is 8.66. The van der Waals surface area contributed by atoms with Crippen LogP contribution in [0.5, 0.6) is 11.5 Å². The van der Waals surface area contributed by atoms with E-state index in [-0.39, 0.29) is 29.7 Å². The van der Waals surface area contributed by atoms with Gasteiger partial charge in [0, 0.05) is 30.4 Å². The Hall–Kier alpha value is -2.56. The van der Waals surface area contributed by atoms with Crippen molar-refractivity contribution in [3.05, 3.63) is 58.1 Å². The minimum atomic E-state index is -0.414. The maximum atomic E-state index is 10.9. The van der Waals surface area contributed by atoms with Crippen LogP contribution in [0.3, 0.4) is 0 Å². The molecule has 0 unspecified atom stereocenters. The highest BCUT2D eigenvalue weighted by atomic mass is 127. The second kappa shape index (κ2) is 12.0. The number of nitro groups is 1. The Labute approximate surface area is 181 Å². The van der Waals surface area contributed by atoms with Crippen molar-refractivity contribution in [1.82, 2.24) is 5.32 Å². The summed E-state index contributed by atoms with van der Waals surface area (Å²) in [5.74, 6) is 1.86. The molecule has 9 heteroatoms. The van der Waals surface area contributed by atoms with Crippen molar-refractivity contribution in [3.63, 3.8) is 0 Å².